The van der Waals surface area contributed by atoms with E-state index in [9.17, 15) is 14.4 Å². The second-order valence-electron chi connectivity index (χ2n) is 7.90. The number of carbonyl (C=O) groups is 2. The maximum Gasteiger partial charge on any atom is 0.254 e. The van der Waals surface area contributed by atoms with E-state index in [1.807, 2.05) is 9.80 Å². The Morgan fingerprint density at radius 1 is 1.14 bits per heavy atom. The van der Waals surface area contributed by atoms with Crippen LogP contribution in [-0.4, -0.2) is 52.3 Å². The van der Waals surface area contributed by atoms with Crippen molar-refractivity contribution in [1.29, 1.82) is 0 Å². The molecule has 2 saturated heterocycles. The fourth-order valence-corrected chi connectivity index (χ4v) is 4.79. The number of nitrogens with one attached hydrogen (secondary N) is 1. The summed E-state index contributed by atoms with van der Waals surface area (Å²) in [5.41, 5.74) is 2.56. The predicted molar refractivity (Wildman–Crippen MR) is 106 cm³/mol. The first-order valence-corrected chi connectivity index (χ1v) is 9.76. The average molecular weight is 379 g/mol. The molecule has 0 unspecified atom stereocenters. The fourth-order valence-electron chi connectivity index (χ4n) is 4.79. The van der Waals surface area contributed by atoms with Crippen molar-refractivity contribution in [2.24, 2.45) is 5.92 Å². The molecule has 2 amide bonds. The van der Waals surface area contributed by atoms with Crippen LogP contribution in [0.15, 0.2) is 47.4 Å². The summed E-state index contributed by atoms with van der Waals surface area (Å²) >= 11 is 0. The lowest BCUT2D eigenvalue weighted by atomic mass is 9.81. The summed E-state index contributed by atoms with van der Waals surface area (Å²) in [5, 5.41) is 0. The van der Waals surface area contributed by atoms with E-state index in [-0.39, 0.29) is 35.3 Å². The van der Waals surface area contributed by atoms with Gasteiger partial charge in [0.15, 0.2) is 0 Å². The molecule has 2 aliphatic heterocycles. The molecule has 0 radical (unpaired) electrons. The van der Waals surface area contributed by atoms with Gasteiger partial charge in [0.1, 0.15) is 0 Å². The molecule has 2 aromatic rings. The number of piperidine rings is 1. The van der Waals surface area contributed by atoms with Crippen LogP contribution < -0.4 is 5.56 Å². The topological polar surface area (TPSA) is 73.5 Å². The number of benzene rings is 1. The van der Waals surface area contributed by atoms with Crippen LogP contribution in [-0.2, 0) is 4.79 Å². The van der Waals surface area contributed by atoms with Gasteiger partial charge in [-0.2, -0.15) is 0 Å². The molecular formula is C22H25N3O3. The van der Waals surface area contributed by atoms with Gasteiger partial charge in [0, 0.05) is 62.3 Å². The van der Waals surface area contributed by atoms with Crippen LogP contribution in [0.25, 0.3) is 0 Å². The van der Waals surface area contributed by atoms with Crippen LogP contribution in [0.3, 0.4) is 0 Å². The minimum Gasteiger partial charge on any atom is -0.339 e. The number of carbonyl (C=O) groups excluding carboxylic acids is 2. The van der Waals surface area contributed by atoms with Crippen molar-refractivity contribution >= 4 is 11.8 Å². The Bertz CT molecular complexity index is 967. The van der Waals surface area contributed by atoms with E-state index in [2.05, 4.69) is 36.2 Å². The van der Waals surface area contributed by atoms with Crippen LogP contribution in [0, 0.1) is 12.8 Å². The number of nitrogens with zero attached hydrogens (tertiary/aromatic N) is 2. The molecule has 3 atom stereocenters. The van der Waals surface area contributed by atoms with Crippen molar-refractivity contribution in [3.8, 4) is 0 Å². The molecule has 4 rings (SSSR count). The number of aromatic amines is 1. The molecular weight excluding hydrogens is 354 g/mol. The number of hydrogen-bond acceptors (Lipinski definition) is 3. The van der Waals surface area contributed by atoms with E-state index in [1.165, 1.54) is 23.4 Å². The molecule has 1 N–H and O–H groups in total. The molecule has 2 aliphatic rings. The quantitative estimate of drug-likeness (QED) is 0.869. The number of pyridine rings is 1. The lowest BCUT2D eigenvalue weighted by molar-refractivity contribution is -0.130. The number of amides is 2. The smallest absolute Gasteiger partial charge is 0.254 e. The molecule has 0 spiro atoms. The van der Waals surface area contributed by atoms with E-state index in [1.54, 1.807) is 13.0 Å². The molecule has 1 aromatic heterocycles. The number of fused-ring (bicyclic) bond motifs is 1. The zero-order valence-corrected chi connectivity index (χ0v) is 16.2. The van der Waals surface area contributed by atoms with E-state index in [0.717, 1.165) is 6.42 Å². The molecule has 3 heterocycles. The third-order valence-corrected chi connectivity index (χ3v) is 6.11. The molecule has 146 valence electrons. The summed E-state index contributed by atoms with van der Waals surface area (Å²) < 4.78 is 0. The third kappa shape index (κ3) is 3.35. The maximum atomic E-state index is 12.9. The zero-order valence-electron chi connectivity index (χ0n) is 16.2. The summed E-state index contributed by atoms with van der Waals surface area (Å²) in [6.45, 7) is 5.59. The van der Waals surface area contributed by atoms with Crippen LogP contribution in [0.1, 0.15) is 40.7 Å². The van der Waals surface area contributed by atoms with Gasteiger partial charge in [-0.05, 0) is 25.0 Å². The van der Waals surface area contributed by atoms with Gasteiger partial charge < -0.3 is 14.8 Å². The minimum atomic E-state index is -0.276. The predicted octanol–water partition coefficient (Wildman–Crippen LogP) is 2.16. The first-order chi connectivity index (χ1) is 13.4. The zero-order chi connectivity index (χ0) is 19.8. The standard InChI is InChI=1S/C22H25N3O3/c1-14-4-3-5-16(10-14)18-13-25(15(2)26)20-7-9-24(12-19(18)20)22(28)17-6-8-23-21(27)11-17/h3-6,8,10-11,18-20H,7,9,12-13H2,1-2H3,(H,23,27)/t18-,19-,20-/m0/s1. The highest BCUT2D eigenvalue weighted by molar-refractivity contribution is 5.94. The number of aryl methyl sites for hydroxylation is 1. The molecule has 6 heteroatoms. The van der Waals surface area contributed by atoms with Crippen molar-refractivity contribution in [2.45, 2.75) is 32.2 Å². The Balaban J connectivity index is 1.62. The second kappa shape index (κ2) is 7.26. The Hall–Kier alpha value is -2.89. The fraction of sp³-hybridized carbons (Fsp3) is 0.409. The Morgan fingerprint density at radius 3 is 2.68 bits per heavy atom. The number of rotatable bonds is 2. The van der Waals surface area contributed by atoms with Gasteiger partial charge in [-0.15, -0.1) is 0 Å². The van der Waals surface area contributed by atoms with Crippen LogP contribution in [0.5, 0.6) is 0 Å². The van der Waals surface area contributed by atoms with E-state index >= 15 is 0 Å². The van der Waals surface area contributed by atoms with Crippen LogP contribution >= 0.6 is 0 Å². The first kappa shape index (κ1) is 18.5. The lowest BCUT2D eigenvalue weighted by Crippen LogP contribution is -2.49. The highest BCUT2D eigenvalue weighted by Gasteiger charge is 2.47. The van der Waals surface area contributed by atoms with E-state index in [0.29, 0.717) is 25.2 Å². The van der Waals surface area contributed by atoms with Gasteiger partial charge in [-0.1, -0.05) is 29.8 Å². The average Bonchev–Trinajstić information content (AvgIpc) is 3.06. The normalized spacial score (nSPS) is 24.1. The Kier molecular flexibility index (Phi) is 4.79. The van der Waals surface area contributed by atoms with Crippen molar-refractivity contribution in [1.82, 2.24) is 14.8 Å². The largest absolute Gasteiger partial charge is 0.339 e. The first-order valence-electron chi connectivity index (χ1n) is 9.76. The van der Waals surface area contributed by atoms with Gasteiger partial charge in [0.05, 0.1) is 0 Å². The van der Waals surface area contributed by atoms with Crippen LogP contribution in [0.4, 0.5) is 0 Å². The summed E-state index contributed by atoms with van der Waals surface area (Å²) in [7, 11) is 0. The summed E-state index contributed by atoms with van der Waals surface area (Å²) in [4.78, 5) is 43.1. The highest BCUT2D eigenvalue weighted by Crippen LogP contribution is 2.41. The number of aromatic nitrogens is 1. The third-order valence-electron chi connectivity index (χ3n) is 6.11. The monoisotopic (exact) mass is 379 g/mol. The Labute approximate surface area is 164 Å². The number of likely N-dealkylation sites (tertiary alicyclic amines) is 2. The Morgan fingerprint density at radius 2 is 1.96 bits per heavy atom. The minimum absolute atomic E-state index is 0.0968. The van der Waals surface area contributed by atoms with Crippen molar-refractivity contribution in [2.75, 3.05) is 19.6 Å². The van der Waals surface area contributed by atoms with Gasteiger partial charge in [0.2, 0.25) is 11.5 Å². The molecule has 28 heavy (non-hydrogen) atoms. The molecule has 6 nitrogen and oxygen atoms in total. The molecule has 2 fully saturated rings. The SMILES string of the molecule is CC(=O)N1C[C@@H](c2cccc(C)c2)[C@@H]2CN(C(=O)c3cc[nH]c(=O)c3)CC[C@@H]21. The number of hydrogen-bond donors (Lipinski definition) is 1. The lowest BCUT2D eigenvalue weighted by Gasteiger charge is -2.38. The van der Waals surface area contributed by atoms with Gasteiger partial charge in [0.25, 0.3) is 5.91 Å². The molecule has 1 aromatic carbocycles. The van der Waals surface area contributed by atoms with Crippen molar-refractivity contribution in [3.05, 3.63) is 69.6 Å². The second-order valence-corrected chi connectivity index (χ2v) is 7.90. The van der Waals surface area contributed by atoms with Crippen LogP contribution in [0.2, 0.25) is 0 Å². The molecule has 0 bridgehead atoms. The highest BCUT2D eigenvalue weighted by atomic mass is 16.2. The maximum absolute atomic E-state index is 12.9. The van der Waals surface area contributed by atoms with E-state index in [4.69, 9.17) is 0 Å². The molecule has 0 aliphatic carbocycles. The number of H-pyrrole nitrogens is 1. The van der Waals surface area contributed by atoms with Gasteiger partial charge in [-0.3, -0.25) is 14.4 Å². The summed E-state index contributed by atoms with van der Waals surface area (Å²) in [5.74, 6) is 0.391. The summed E-state index contributed by atoms with van der Waals surface area (Å²) in [6.07, 6.45) is 2.27. The van der Waals surface area contributed by atoms with Crippen molar-refractivity contribution < 1.29 is 9.59 Å². The van der Waals surface area contributed by atoms with Gasteiger partial charge in [-0.25, -0.2) is 0 Å². The van der Waals surface area contributed by atoms with Crippen molar-refractivity contribution in [3.63, 3.8) is 0 Å². The molecule has 0 saturated carbocycles. The van der Waals surface area contributed by atoms with E-state index < -0.39 is 0 Å². The summed E-state index contributed by atoms with van der Waals surface area (Å²) in [6, 6.07) is 11.6. The van der Waals surface area contributed by atoms with Gasteiger partial charge >= 0.3 is 0 Å².